The quantitative estimate of drug-likeness (QED) is 0.553. The van der Waals surface area contributed by atoms with Crippen LogP contribution in [0.15, 0.2) is 65.8 Å². The van der Waals surface area contributed by atoms with E-state index in [1.165, 1.54) is 16.4 Å². The first-order valence-electron chi connectivity index (χ1n) is 8.31. The van der Waals surface area contributed by atoms with Crippen LogP contribution in [0.25, 0.3) is 22.3 Å². The zero-order valence-electron chi connectivity index (χ0n) is 14.8. The van der Waals surface area contributed by atoms with Crippen LogP contribution in [0.3, 0.4) is 0 Å². The second kappa shape index (κ2) is 5.85. The molecule has 2 aromatic carbocycles. The number of fused-ring (bicyclic) bond motifs is 1. The fourth-order valence-electron chi connectivity index (χ4n) is 3.29. The lowest BCUT2D eigenvalue weighted by Gasteiger charge is -2.10. The van der Waals surface area contributed by atoms with E-state index in [-0.39, 0.29) is 4.90 Å². The average molecular weight is 365 g/mol. The molecule has 0 spiro atoms. The van der Waals surface area contributed by atoms with Crippen LogP contribution in [0.1, 0.15) is 11.3 Å². The predicted molar refractivity (Wildman–Crippen MR) is 103 cm³/mol. The van der Waals surface area contributed by atoms with Crippen LogP contribution in [0.2, 0.25) is 0 Å². The van der Waals surface area contributed by atoms with Crippen LogP contribution >= 0.6 is 0 Å². The van der Waals surface area contributed by atoms with Gasteiger partial charge in [-0.15, -0.1) is 0 Å². The summed E-state index contributed by atoms with van der Waals surface area (Å²) in [5, 5.41) is 0.985. The molecule has 6 heteroatoms. The number of hydrogen-bond donors (Lipinski definition) is 0. The number of hydrogen-bond acceptors (Lipinski definition) is 3. The minimum Gasteiger partial charge on any atom is -0.347 e. The van der Waals surface area contributed by atoms with Gasteiger partial charge in [-0.2, -0.15) is 0 Å². The highest BCUT2D eigenvalue weighted by Crippen LogP contribution is 2.34. The summed E-state index contributed by atoms with van der Waals surface area (Å²) in [5.41, 5.74) is 3.86. The molecule has 0 saturated heterocycles. The molecule has 0 aliphatic heterocycles. The summed E-state index contributed by atoms with van der Waals surface area (Å²) in [5.74, 6) is 0.430. The summed E-state index contributed by atoms with van der Waals surface area (Å²) in [7, 11) is -1.75. The number of rotatable bonds is 3. The Kier molecular flexibility index (Phi) is 3.73. The van der Waals surface area contributed by atoms with Gasteiger partial charge in [0.1, 0.15) is 0 Å². The molecule has 2 heterocycles. The molecule has 4 rings (SSSR count). The van der Waals surface area contributed by atoms with Crippen molar-refractivity contribution >= 4 is 20.9 Å². The van der Waals surface area contributed by atoms with Gasteiger partial charge in [-0.25, -0.2) is 17.4 Å². The number of aromatic nitrogens is 3. The molecule has 0 aliphatic carbocycles. The maximum absolute atomic E-state index is 13.2. The molecule has 26 heavy (non-hydrogen) atoms. The lowest BCUT2D eigenvalue weighted by molar-refractivity contribution is 0.588. The molecule has 0 bridgehead atoms. The van der Waals surface area contributed by atoms with Crippen LogP contribution < -0.4 is 0 Å². The van der Waals surface area contributed by atoms with Crippen molar-refractivity contribution in [3.05, 3.63) is 72.2 Å². The van der Waals surface area contributed by atoms with Gasteiger partial charge in [0.2, 0.25) is 0 Å². The molecule has 2 aromatic heterocycles. The van der Waals surface area contributed by atoms with Crippen molar-refractivity contribution in [3.63, 3.8) is 0 Å². The van der Waals surface area contributed by atoms with Gasteiger partial charge < -0.3 is 4.57 Å². The standard InChI is InChI=1S/C20H19N3O2S/c1-14-8-10-16(11-9-14)26(24,25)23-13-12-21-20(23)19-15(2)22(3)18-7-5-4-6-17(18)19/h4-13H,1-3H3. The van der Waals surface area contributed by atoms with Gasteiger partial charge in [-0.3, -0.25) is 0 Å². The van der Waals surface area contributed by atoms with Crippen LogP contribution in [-0.4, -0.2) is 21.9 Å². The molecular weight excluding hydrogens is 346 g/mol. The second-order valence-electron chi connectivity index (χ2n) is 6.40. The Hall–Kier alpha value is -2.86. The molecular formula is C20H19N3O2S. The molecule has 5 nitrogen and oxygen atoms in total. The summed E-state index contributed by atoms with van der Waals surface area (Å²) in [6, 6.07) is 14.8. The van der Waals surface area contributed by atoms with Crippen LogP contribution in [0.5, 0.6) is 0 Å². The fraction of sp³-hybridized carbons (Fsp3) is 0.150. The van der Waals surface area contributed by atoms with Gasteiger partial charge in [-0.1, -0.05) is 35.9 Å². The summed E-state index contributed by atoms with van der Waals surface area (Å²) in [6.07, 6.45) is 3.04. The first-order chi connectivity index (χ1) is 12.4. The fourth-order valence-corrected chi connectivity index (χ4v) is 4.58. The number of aryl methyl sites for hydroxylation is 2. The average Bonchev–Trinajstić information content (AvgIpc) is 3.20. The summed E-state index contributed by atoms with van der Waals surface area (Å²) >= 11 is 0. The topological polar surface area (TPSA) is 56.9 Å². The number of benzene rings is 2. The van der Waals surface area contributed by atoms with E-state index in [9.17, 15) is 8.42 Å². The van der Waals surface area contributed by atoms with Crippen LogP contribution in [-0.2, 0) is 17.1 Å². The van der Waals surface area contributed by atoms with E-state index in [1.807, 2.05) is 45.2 Å². The third kappa shape index (κ3) is 2.37. The van der Waals surface area contributed by atoms with Gasteiger partial charge in [-0.05, 0) is 32.0 Å². The van der Waals surface area contributed by atoms with Gasteiger partial charge in [0.15, 0.2) is 5.82 Å². The van der Waals surface area contributed by atoms with Crippen molar-refractivity contribution in [1.82, 2.24) is 13.5 Å². The summed E-state index contributed by atoms with van der Waals surface area (Å²) < 4.78 is 29.7. The molecule has 0 atom stereocenters. The van der Waals surface area contributed by atoms with Crippen molar-refractivity contribution in [1.29, 1.82) is 0 Å². The predicted octanol–water partition coefficient (Wildman–Crippen LogP) is 3.90. The molecule has 0 radical (unpaired) electrons. The Labute approximate surface area is 152 Å². The van der Waals surface area contributed by atoms with Gasteiger partial charge >= 0.3 is 0 Å². The molecule has 0 unspecified atom stereocenters. The Morgan fingerprint density at radius 2 is 1.65 bits per heavy atom. The minimum atomic E-state index is -3.72. The molecule has 0 aliphatic rings. The highest BCUT2D eigenvalue weighted by Gasteiger charge is 2.24. The van der Waals surface area contributed by atoms with E-state index in [0.29, 0.717) is 5.82 Å². The Morgan fingerprint density at radius 1 is 0.962 bits per heavy atom. The highest BCUT2D eigenvalue weighted by molar-refractivity contribution is 7.90. The normalized spacial score (nSPS) is 12.0. The summed E-state index contributed by atoms with van der Waals surface area (Å²) in [4.78, 5) is 4.64. The summed E-state index contributed by atoms with van der Waals surface area (Å²) in [6.45, 7) is 3.91. The minimum absolute atomic E-state index is 0.250. The molecule has 0 saturated carbocycles. The van der Waals surface area contributed by atoms with Crippen molar-refractivity contribution in [2.75, 3.05) is 0 Å². The molecule has 0 fully saturated rings. The van der Waals surface area contributed by atoms with Crippen molar-refractivity contribution < 1.29 is 8.42 Å². The second-order valence-corrected chi connectivity index (χ2v) is 8.22. The van der Waals surface area contributed by atoms with E-state index in [2.05, 4.69) is 9.55 Å². The Morgan fingerprint density at radius 3 is 2.38 bits per heavy atom. The molecule has 132 valence electrons. The van der Waals surface area contributed by atoms with E-state index in [4.69, 9.17) is 0 Å². The van der Waals surface area contributed by atoms with E-state index in [0.717, 1.165) is 27.7 Å². The third-order valence-electron chi connectivity index (χ3n) is 4.81. The molecule has 0 N–H and O–H groups in total. The SMILES string of the molecule is Cc1ccc(S(=O)(=O)n2ccnc2-c2c(C)n(C)c3ccccc23)cc1. The maximum atomic E-state index is 13.2. The van der Waals surface area contributed by atoms with Crippen LogP contribution in [0.4, 0.5) is 0 Å². The smallest absolute Gasteiger partial charge is 0.269 e. The highest BCUT2D eigenvalue weighted by atomic mass is 32.2. The van der Waals surface area contributed by atoms with Gasteiger partial charge in [0.05, 0.1) is 4.90 Å². The molecule has 0 amide bonds. The first kappa shape index (κ1) is 16.6. The maximum Gasteiger partial charge on any atom is 0.269 e. The first-order valence-corrected chi connectivity index (χ1v) is 9.75. The molecule has 4 aromatic rings. The van der Waals surface area contributed by atoms with Gasteiger partial charge in [0.25, 0.3) is 10.0 Å². The Balaban J connectivity index is 1.97. The zero-order valence-corrected chi connectivity index (χ0v) is 15.7. The third-order valence-corrected chi connectivity index (χ3v) is 6.49. The number of imidazole rings is 1. The number of nitrogens with zero attached hydrogens (tertiary/aromatic N) is 3. The van der Waals surface area contributed by atoms with E-state index in [1.54, 1.807) is 24.3 Å². The van der Waals surface area contributed by atoms with E-state index >= 15 is 0 Å². The lowest BCUT2D eigenvalue weighted by Crippen LogP contribution is -2.13. The van der Waals surface area contributed by atoms with Crippen molar-refractivity contribution in [2.45, 2.75) is 18.7 Å². The van der Waals surface area contributed by atoms with Crippen molar-refractivity contribution in [2.24, 2.45) is 7.05 Å². The Bertz CT molecular complexity index is 1220. The zero-order chi connectivity index (χ0) is 18.5. The number of para-hydroxylation sites is 1. The monoisotopic (exact) mass is 365 g/mol. The lowest BCUT2D eigenvalue weighted by atomic mass is 10.1. The van der Waals surface area contributed by atoms with Gasteiger partial charge in [0, 0.05) is 41.6 Å². The van der Waals surface area contributed by atoms with E-state index < -0.39 is 10.0 Å². The largest absolute Gasteiger partial charge is 0.347 e. The van der Waals surface area contributed by atoms with Crippen molar-refractivity contribution in [3.8, 4) is 11.4 Å². The van der Waals surface area contributed by atoms with Crippen LogP contribution in [0, 0.1) is 13.8 Å².